The van der Waals surface area contributed by atoms with E-state index in [0.29, 0.717) is 36.0 Å². The first kappa shape index (κ1) is 29.9. The summed E-state index contributed by atoms with van der Waals surface area (Å²) < 4.78 is 0. The maximum atomic E-state index is 10.3. The summed E-state index contributed by atoms with van der Waals surface area (Å²) in [6.45, 7) is 12.3. The molecule has 36 heavy (non-hydrogen) atoms. The predicted octanol–water partition coefficient (Wildman–Crippen LogP) is 6.85. The zero-order chi connectivity index (χ0) is 26.7. The molecule has 0 aromatic rings. The van der Waals surface area contributed by atoms with Gasteiger partial charge in [-0.3, -0.25) is 0 Å². The van der Waals surface area contributed by atoms with Crippen LogP contribution >= 0.6 is 0 Å². The van der Waals surface area contributed by atoms with Gasteiger partial charge >= 0.3 is 0 Å². The first-order valence-corrected chi connectivity index (χ1v) is 14.9. The van der Waals surface area contributed by atoms with Crippen LogP contribution in [-0.2, 0) is 0 Å². The molecule has 208 valence electrons. The van der Waals surface area contributed by atoms with E-state index in [1.165, 1.54) is 50.5 Å². The van der Waals surface area contributed by atoms with E-state index in [2.05, 4.69) is 13.0 Å². The van der Waals surface area contributed by atoms with Crippen molar-refractivity contribution in [1.82, 2.24) is 0 Å². The third-order valence-electron chi connectivity index (χ3n) is 9.98. The molecule has 5 atom stereocenters. The standard InChI is InChI=1S/C32H56O4/c1-22-25(20-26(33)21-29(22)34)14-13-24-12-9-19-32(6)27(15-16-28(24)32)23(10-7-17-30(2,3)35)11-8-18-31(4,5)36/h13,23,26-29,33-36H,7-12,14-21H2,1-6H3/b24-13+/t26-,27-,28+,29+,32-/m1/s1. The quantitative estimate of drug-likeness (QED) is 0.232. The highest BCUT2D eigenvalue weighted by Crippen LogP contribution is 2.60. The van der Waals surface area contributed by atoms with Gasteiger partial charge in [-0.1, -0.05) is 49.8 Å². The van der Waals surface area contributed by atoms with Crippen LogP contribution in [-0.4, -0.2) is 43.8 Å². The van der Waals surface area contributed by atoms with Crippen molar-refractivity contribution in [3.63, 3.8) is 0 Å². The number of allylic oxidation sites excluding steroid dienone is 2. The monoisotopic (exact) mass is 504 g/mol. The molecule has 4 N–H and O–H groups in total. The van der Waals surface area contributed by atoms with Crippen LogP contribution < -0.4 is 0 Å². The Hall–Kier alpha value is -0.680. The second kappa shape index (κ2) is 12.0. The first-order chi connectivity index (χ1) is 16.7. The third-order valence-corrected chi connectivity index (χ3v) is 9.98. The Morgan fingerprint density at radius 3 is 2.19 bits per heavy atom. The molecule has 0 aliphatic heterocycles. The SMILES string of the molecule is CC1=C(C/C=C2\CCC[C@]3(C)[C@@H](C(CCCC(C)(C)O)CCCC(C)(C)O)CC[C@@H]23)C[C@@H](O)C[C@@H]1O. The molecule has 0 heterocycles. The van der Waals surface area contributed by atoms with Crippen LogP contribution in [0.25, 0.3) is 0 Å². The van der Waals surface area contributed by atoms with Gasteiger partial charge in [-0.2, -0.15) is 0 Å². The number of aliphatic hydroxyl groups is 4. The molecule has 0 bridgehead atoms. The summed E-state index contributed by atoms with van der Waals surface area (Å²) in [5.41, 5.74) is 3.03. The molecule has 0 saturated heterocycles. The van der Waals surface area contributed by atoms with Crippen LogP contribution in [0.1, 0.15) is 131 Å². The van der Waals surface area contributed by atoms with E-state index in [1.54, 1.807) is 5.57 Å². The van der Waals surface area contributed by atoms with Crippen molar-refractivity contribution in [2.24, 2.45) is 23.2 Å². The lowest BCUT2D eigenvalue weighted by Crippen LogP contribution is -2.37. The first-order valence-electron chi connectivity index (χ1n) is 14.9. The molecule has 0 unspecified atom stereocenters. The summed E-state index contributed by atoms with van der Waals surface area (Å²) in [5, 5.41) is 41.1. The highest BCUT2D eigenvalue weighted by atomic mass is 16.3. The second-order valence-corrected chi connectivity index (χ2v) is 14.1. The Morgan fingerprint density at radius 1 is 1.00 bits per heavy atom. The fraction of sp³-hybridized carbons (Fsp3) is 0.875. The lowest BCUT2D eigenvalue weighted by atomic mass is 9.59. The number of hydrogen-bond acceptors (Lipinski definition) is 4. The fourth-order valence-electron chi connectivity index (χ4n) is 7.94. The summed E-state index contributed by atoms with van der Waals surface area (Å²) in [4.78, 5) is 0. The van der Waals surface area contributed by atoms with E-state index in [-0.39, 0.29) is 0 Å². The van der Waals surface area contributed by atoms with Gasteiger partial charge in [0, 0.05) is 6.42 Å². The minimum absolute atomic E-state index is 0.327. The van der Waals surface area contributed by atoms with Crippen LogP contribution in [0.5, 0.6) is 0 Å². The summed E-state index contributed by atoms with van der Waals surface area (Å²) in [7, 11) is 0. The van der Waals surface area contributed by atoms with Gasteiger partial charge in [-0.15, -0.1) is 0 Å². The van der Waals surface area contributed by atoms with Gasteiger partial charge in [0.25, 0.3) is 0 Å². The van der Waals surface area contributed by atoms with Gasteiger partial charge in [-0.25, -0.2) is 0 Å². The smallest absolute Gasteiger partial charge is 0.0774 e. The molecular weight excluding hydrogens is 448 g/mol. The number of aliphatic hydroxyl groups excluding tert-OH is 2. The molecule has 4 nitrogen and oxygen atoms in total. The van der Waals surface area contributed by atoms with Crippen molar-refractivity contribution in [1.29, 1.82) is 0 Å². The van der Waals surface area contributed by atoms with Crippen LogP contribution in [0.2, 0.25) is 0 Å². The van der Waals surface area contributed by atoms with Gasteiger partial charge in [-0.05, 0) is 121 Å². The largest absolute Gasteiger partial charge is 0.393 e. The summed E-state index contributed by atoms with van der Waals surface area (Å²) in [6, 6.07) is 0. The summed E-state index contributed by atoms with van der Waals surface area (Å²) in [5.74, 6) is 1.99. The van der Waals surface area contributed by atoms with Gasteiger partial charge in [0.1, 0.15) is 0 Å². The van der Waals surface area contributed by atoms with E-state index in [9.17, 15) is 20.4 Å². The molecule has 3 aliphatic carbocycles. The summed E-state index contributed by atoms with van der Waals surface area (Å²) >= 11 is 0. The van der Waals surface area contributed by atoms with Crippen LogP contribution in [0.3, 0.4) is 0 Å². The molecule has 0 aromatic carbocycles. The Labute approximate surface area is 221 Å². The Bertz CT molecular complexity index is 763. The molecule has 0 amide bonds. The lowest BCUT2D eigenvalue weighted by Gasteiger charge is -2.45. The van der Waals surface area contributed by atoms with Crippen molar-refractivity contribution in [2.75, 3.05) is 0 Å². The molecule has 0 radical (unpaired) electrons. The molecule has 2 fully saturated rings. The van der Waals surface area contributed by atoms with E-state index in [1.807, 2.05) is 34.6 Å². The number of rotatable bonds is 11. The Balaban J connectivity index is 1.74. The van der Waals surface area contributed by atoms with E-state index < -0.39 is 23.4 Å². The molecule has 3 rings (SSSR count). The predicted molar refractivity (Wildman–Crippen MR) is 149 cm³/mol. The van der Waals surface area contributed by atoms with Crippen molar-refractivity contribution >= 4 is 0 Å². The Kier molecular flexibility index (Phi) is 9.97. The summed E-state index contributed by atoms with van der Waals surface area (Å²) in [6.07, 6.45) is 16.0. The molecule has 0 spiro atoms. The van der Waals surface area contributed by atoms with E-state index in [0.717, 1.165) is 37.7 Å². The number of hydrogen-bond donors (Lipinski definition) is 4. The van der Waals surface area contributed by atoms with Crippen LogP contribution in [0.15, 0.2) is 22.8 Å². The van der Waals surface area contributed by atoms with Crippen molar-refractivity contribution in [2.45, 2.75) is 155 Å². The number of fused-ring (bicyclic) bond motifs is 1. The highest BCUT2D eigenvalue weighted by molar-refractivity contribution is 5.26. The van der Waals surface area contributed by atoms with Crippen molar-refractivity contribution in [3.8, 4) is 0 Å². The van der Waals surface area contributed by atoms with Gasteiger partial charge in [0.15, 0.2) is 0 Å². The normalized spacial score (nSPS) is 33.0. The van der Waals surface area contributed by atoms with Crippen LogP contribution in [0, 0.1) is 23.2 Å². The Morgan fingerprint density at radius 2 is 1.61 bits per heavy atom. The van der Waals surface area contributed by atoms with Crippen LogP contribution in [0.4, 0.5) is 0 Å². The van der Waals surface area contributed by atoms with Gasteiger partial charge in [0.05, 0.1) is 23.4 Å². The molecule has 3 aliphatic rings. The third kappa shape index (κ3) is 7.91. The average Bonchev–Trinajstić information content (AvgIpc) is 3.10. The average molecular weight is 505 g/mol. The van der Waals surface area contributed by atoms with Crippen molar-refractivity contribution < 1.29 is 20.4 Å². The molecule has 2 saturated carbocycles. The maximum Gasteiger partial charge on any atom is 0.0774 e. The fourth-order valence-corrected chi connectivity index (χ4v) is 7.94. The zero-order valence-corrected chi connectivity index (χ0v) is 24.2. The van der Waals surface area contributed by atoms with Gasteiger partial charge in [0.2, 0.25) is 0 Å². The second-order valence-electron chi connectivity index (χ2n) is 14.1. The minimum Gasteiger partial charge on any atom is -0.393 e. The lowest BCUT2D eigenvalue weighted by molar-refractivity contribution is 0.0479. The topological polar surface area (TPSA) is 80.9 Å². The maximum absolute atomic E-state index is 10.3. The highest BCUT2D eigenvalue weighted by Gasteiger charge is 2.51. The zero-order valence-electron chi connectivity index (χ0n) is 24.2. The van der Waals surface area contributed by atoms with E-state index in [4.69, 9.17) is 0 Å². The van der Waals surface area contributed by atoms with Crippen molar-refractivity contribution in [3.05, 3.63) is 22.8 Å². The molecule has 4 heteroatoms. The minimum atomic E-state index is -0.604. The molecular formula is C32H56O4. The van der Waals surface area contributed by atoms with Gasteiger partial charge < -0.3 is 20.4 Å². The molecule has 0 aromatic heterocycles. The van der Waals surface area contributed by atoms with E-state index >= 15 is 0 Å².